The first-order chi connectivity index (χ1) is 12.2. The van der Waals surface area contributed by atoms with Crippen LogP contribution in [0.15, 0.2) is 48.5 Å². The Balaban J connectivity index is 1.86. The van der Waals surface area contributed by atoms with Gasteiger partial charge in [0.15, 0.2) is 0 Å². The maximum absolute atomic E-state index is 11.7. The van der Waals surface area contributed by atoms with E-state index in [4.69, 9.17) is 15.1 Å². The molecule has 0 fully saturated rings. The fourth-order valence-corrected chi connectivity index (χ4v) is 2.16. The van der Waals surface area contributed by atoms with Crippen LogP contribution in [0.1, 0.15) is 17.5 Å². The van der Waals surface area contributed by atoms with Gasteiger partial charge in [-0.3, -0.25) is 0 Å². The zero-order valence-corrected chi connectivity index (χ0v) is 13.9. The number of aliphatic hydroxyl groups excluding tert-OH is 1. The van der Waals surface area contributed by atoms with E-state index in [0.717, 1.165) is 16.9 Å². The van der Waals surface area contributed by atoms with Crippen molar-refractivity contribution in [2.45, 2.75) is 19.4 Å². The summed E-state index contributed by atoms with van der Waals surface area (Å²) in [7, 11) is 0. The molecule has 2 rings (SSSR count). The van der Waals surface area contributed by atoms with Gasteiger partial charge in [0.2, 0.25) is 0 Å². The first-order valence-electron chi connectivity index (χ1n) is 8.04. The minimum atomic E-state index is -0.306. The van der Waals surface area contributed by atoms with Gasteiger partial charge in [-0.25, -0.2) is 4.79 Å². The van der Waals surface area contributed by atoms with Gasteiger partial charge in [-0.05, 0) is 41.8 Å². The lowest BCUT2D eigenvalue weighted by Gasteiger charge is -2.10. The topological polar surface area (TPSA) is 94.4 Å². The minimum Gasteiger partial charge on any atom is -0.489 e. The fourth-order valence-electron chi connectivity index (χ4n) is 2.16. The van der Waals surface area contributed by atoms with Crippen LogP contribution in [0.25, 0.3) is 0 Å². The molecule has 0 radical (unpaired) electrons. The van der Waals surface area contributed by atoms with Crippen LogP contribution >= 0.6 is 0 Å². The van der Waals surface area contributed by atoms with Crippen LogP contribution in [-0.4, -0.2) is 24.3 Å². The van der Waals surface area contributed by atoms with Crippen molar-refractivity contribution < 1.29 is 14.6 Å². The molecule has 0 saturated heterocycles. The van der Waals surface area contributed by atoms with Gasteiger partial charge in [0.1, 0.15) is 12.4 Å². The maximum atomic E-state index is 11.7. The molecule has 3 N–H and O–H groups in total. The number of rotatable bonds is 8. The molecule has 0 unspecified atom stereocenters. The number of urea groups is 1. The maximum Gasteiger partial charge on any atom is 0.319 e. The molecule has 2 aromatic carbocycles. The molecule has 0 spiro atoms. The third-order valence-corrected chi connectivity index (χ3v) is 3.42. The van der Waals surface area contributed by atoms with E-state index in [-0.39, 0.29) is 12.6 Å². The molecule has 0 aromatic heterocycles. The van der Waals surface area contributed by atoms with E-state index >= 15 is 0 Å². The number of hydrogen-bond donors (Lipinski definition) is 3. The van der Waals surface area contributed by atoms with Crippen molar-refractivity contribution in [2.75, 3.05) is 18.5 Å². The monoisotopic (exact) mass is 339 g/mol. The van der Waals surface area contributed by atoms with E-state index in [1.807, 2.05) is 42.5 Å². The summed E-state index contributed by atoms with van der Waals surface area (Å²) < 4.78 is 5.73. The van der Waals surface area contributed by atoms with E-state index < -0.39 is 0 Å². The van der Waals surface area contributed by atoms with Crippen LogP contribution in [0, 0.1) is 11.3 Å². The number of aliphatic hydroxyl groups is 1. The van der Waals surface area contributed by atoms with Crippen LogP contribution in [0.4, 0.5) is 10.5 Å². The highest BCUT2D eigenvalue weighted by Gasteiger charge is 2.03. The van der Waals surface area contributed by atoms with Crippen molar-refractivity contribution >= 4 is 11.7 Å². The lowest BCUT2D eigenvalue weighted by atomic mass is 10.1. The van der Waals surface area contributed by atoms with Crippen LogP contribution in [0.2, 0.25) is 0 Å². The number of nitrogens with zero attached hydrogens (tertiary/aromatic N) is 1. The number of carbonyl (C=O) groups is 1. The third kappa shape index (κ3) is 6.53. The number of benzene rings is 2. The molecular weight excluding hydrogens is 318 g/mol. The van der Waals surface area contributed by atoms with Gasteiger partial charge in [-0.15, -0.1) is 0 Å². The van der Waals surface area contributed by atoms with Crippen LogP contribution in [-0.2, 0) is 13.0 Å². The molecule has 25 heavy (non-hydrogen) atoms. The molecule has 2 amide bonds. The standard InChI is InChI=1S/C19H21N3O3/c20-10-9-15-5-7-18(8-6-15)25-14-16-3-1-4-17(13-16)22-19(24)21-11-2-12-23/h1,3-8,13,23H,2,9,11-12,14H2,(H2,21,22,24). The van der Waals surface area contributed by atoms with Gasteiger partial charge in [-0.2, -0.15) is 5.26 Å². The first kappa shape index (κ1) is 18.3. The number of amides is 2. The highest BCUT2D eigenvalue weighted by atomic mass is 16.5. The molecule has 0 saturated carbocycles. The second-order valence-corrected chi connectivity index (χ2v) is 5.43. The predicted octanol–water partition coefficient (Wildman–Crippen LogP) is 2.84. The largest absolute Gasteiger partial charge is 0.489 e. The summed E-state index contributed by atoms with van der Waals surface area (Å²) in [6.45, 7) is 0.844. The minimum absolute atomic E-state index is 0.0462. The summed E-state index contributed by atoms with van der Waals surface area (Å²) in [6, 6.07) is 16.6. The lowest BCUT2D eigenvalue weighted by Crippen LogP contribution is -2.29. The van der Waals surface area contributed by atoms with E-state index in [9.17, 15) is 4.79 Å². The molecule has 6 nitrogen and oxygen atoms in total. The molecule has 0 aliphatic carbocycles. The average Bonchev–Trinajstić information content (AvgIpc) is 2.62. The number of anilines is 1. The second-order valence-electron chi connectivity index (χ2n) is 5.43. The van der Waals surface area contributed by atoms with Gasteiger partial charge >= 0.3 is 6.03 Å². The van der Waals surface area contributed by atoms with Crippen molar-refractivity contribution in [3.63, 3.8) is 0 Å². The van der Waals surface area contributed by atoms with Crippen molar-refractivity contribution in [3.05, 3.63) is 59.7 Å². The molecule has 0 aliphatic rings. The Bertz CT molecular complexity index is 723. The fraction of sp³-hybridized carbons (Fsp3) is 0.263. The third-order valence-electron chi connectivity index (χ3n) is 3.42. The van der Waals surface area contributed by atoms with E-state index in [1.54, 1.807) is 6.07 Å². The number of nitriles is 1. The summed E-state index contributed by atoms with van der Waals surface area (Å²) in [4.78, 5) is 11.7. The quantitative estimate of drug-likeness (QED) is 0.645. The summed E-state index contributed by atoms with van der Waals surface area (Å²) in [6.07, 6.45) is 0.906. The highest BCUT2D eigenvalue weighted by Crippen LogP contribution is 2.16. The van der Waals surface area contributed by atoms with Crippen molar-refractivity contribution in [1.82, 2.24) is 5.32 Å². The average molecular weight is 339 g/mol. The first-order valence-corrected chi connectivity index (χ1v) is 8.04. The molecule has 6 heteroatoms. The highest BCUT2D eigenvalue weighted by molar-refractivity contribution is 5.89. The zero-order valence-electron chi connectivity index (χ0n) is 13.9. The molecule has 130 valence electrons. The van der Waals surface area contributed by atoms with Gasteiger partial charge < -0.3 is 20.5 Å². The van der Waals surface area contributed by atoms with Gasteiger partial charge in [-0.1, -0.05) is 24.3 Å². The Morgan fingerprint density at radius 3 is 2.68 bits per heavy atom. The zero-order chi connectivity index (χ0) is 17.9. The van der Waals surface area contributed by atoms with Crippen molar-refractivity contribution in [3.8, 4) is 11.8 Å². The SMILES string of the molecule is N#CCc1ccc(OCc2cccc(NC(=O)NCCCO)c2)cc1. The molecule has 0 bridgehead atoms. The Hall–Kier alpha value is -3.04. The second kappa shape index (κ2) is 9.96. The number of nitrogens with one attached hydrogen (secondary N) is 2. The molecule has 0 atom stereocenters. The smallest absolute Gasteiger partial charge is 0.319 e. The lowest BCUT2D eigenvalue weighted by molar-refractivity contribution is 0.249. The van der Waals surface area contributed by atoms with Crippen LogP contribution < -0.4 is 15.4 Å². The van der Waals surface area contributed by atoms with Crippen molar-refractivity contribution in [1.29, 1.82) is 5.26 Å². The predicted molar refractivity (Wildman–Crippen MR) is 95.3 cm³/mol. The van der Waals surface area contributed by atoms with E-state index in [1.165, 1.54) is 0 Å². The van der Waals surface area contributed by atoms with Crippen LogP contribution in [0.3, 0.4) is 0 Å². The number of carbonyl (C=O) groups excluding carboxylic acids is 1. The van der Waals surface area contributed by atoms with Crippen LogP contribution in [0.5, 0.6) is 5.75 Å². The van der Waals surface area contributed by atoms with E-state index in [2.05, 4.69) is 16.7 Å². The summed E-state index contributed by atoms with van der Waals surface area (Å²) in [5.41, 5.74) is 2.55. The Labute approximate surface area is 147 Å². The molecule has 0 aliphatic heterocycles. The molecular formula is C19H21N3O3. The Morgan fingerprint density at radius 2 is 1.96 bits per heavy atom. The van der Waals surface area contributed by atoms with E-state index in [0.29, 0.717) is 31.7 Å². The summed E-state index contributed by atoms with van der Waals surface area (Å²) >= 11 is 0. The van der Waals surface area contributed by atoms with Gasteiger partial charge in [0.05, 0.1) is 12.5 Å². The normalized spacial score (nSPS) is 9.92. The number of hydrogen-bond acceptors (Lipinski definition) is 4. The Morgan fingerprint density at radius 1 is 1.16 bits per heavy atom. The van der Waals surface area contributed by atoms with Crippen molar-refractivity contribution in [2.24, 2.45) is 0 Å². The molecule has 0 heterocycles. The Kier molecular flexibility index (Phi) is 7.29. The molecule has 2 aromatic rings. The van der Waals surface area contributed by atoms with Gasteiger partial charge in [0, 0.05) is 18.8 Å². The summed E-state index contributed by atoms with van der Waals surface area (Å²) in [5.74, 6) is 0.724. The van der Waals surface area contributed by atoms with Gasteiger partial charge in [0.25, 0.3) is 0 Å². The summed E-state index contributed by atoms with van der Waals surface area (Å²) in [5, 5.41) is 22.8. The number of ether oxygens (including phenoxy) is 1.